The molecule has 12 N–H and O–H groups in total. The Bertz CT molecular complexity index is 3200. The summed E-state index contributed by atoms with van der Waals surface area (Å²) in [5, 5.41) is 40.3. The molecule has 2 aliphatic heterocycles. The highest BCUT2D eigenvalue weighted by Gasteiger charge is 2.33. The normalized spacial score (nSPS) is 11.7. The van der Waals surface area contributed by atoms with Gasteiger partial charge in [0.25, 0.3) is 23.6 Å². The van der Waals surface area contributed by atoms with Gasteiger partial charge in [-0.15, -0.1) is 5.06 Å². The highest BCUT2D eigenvalue weighted by molar-refractivity contribution is 7.80. The van der Waals surface area contributed by atoms with Crippen molar-refractivity contribution >= 4 is 118 Å². The number of imide groups is 2. The van der Waals surface area contributed by atoms with Crippen LogP contribution in [-0.2, 0) is 105 Å². The predicted molar refractivity (Wildman–Crippen MR) is 478 cm³/mol. The Morgan fingerprint density at radius 3 is 1.06 bits per heavy atom. The lowest BCUT2D eigenvalue weighted by Gasteiger charge is -2.13. The number of carbonyl (C=O) groups is 16. The van der Waals surface area contributed by atoms with E-state index < -0.39 is 35.6 Å². The first kappa shape index (κ1) is 121. The summed E-state index contributed by atoms with van der Waals surface area (Å²) in [6.07, 6.45) is 13.4. The molecular formula is C87H153N13O23S. The molecule has 0 aromatic heterocycles. The number of anilines is 1. The van der Waals surface area contributed by atoms with Crippen LogP contribution in [0.1, 0.15) is 232 Å². The van der Waals surface area contributed by atoms with Crippen LogP contribution in [0.15, 0.2) is 36.4 Å². The van der Waals surface area contributed by atoms with E-state index in [-0.39, 0.29) is 139 Å². The number of carboxylic acid groups (broad SMARTS) is 1. The lowest BCUT2D eigenvalue weighted by Crippen LogP contribution is -2.35. The third kappa shape index (κ3) is 75.0. The summed E-state index contributed by atoms with van der Waals surface area (Å²) in [6, 6.07) is 8.02. The molecule has 1 saturated heterocycles. The number of hydrogen-bond acceptors (Lipinski definition) is 23. The number of hydrogen-bond donors (Lipinski definition) is 12. The maximum Gasteiger partial charge on any atom is 0.333 e. The first-order valence-corrected chi connectivity index (χ1v) is 43.9. The molecule has 0 spiro atoms. The van der Waals surface area contributed by atoms with E-state index in [2.05, 4.69) is 77.1 Å². The Kier molecular flexibility index (Phi) is 77.2. The lowest BCUT2D eigenvalue weighted by atomic mass is 10.1. The number of unbranched alkanes of at least 4 members (excludes halogenated alkanes) is 6. The van der Waals surface area contributed by atoms with E-state index in [0.717, 1.165) is 49.4 Å². The Morgan fingerprint density at radius 2 is 0.702 bits per heavy atom. The standard InChI is InChI=1S/C20H33N3O7.C16H25N3O2S.C15H23N3O5.C10H21NO.C9H17NO3.C9H19NO2.C8H15NO3/c1-15(2)20(28)22-12-14-29-13-11-21-16(24)7-5-3-4-6-8-19(27)30-23-17(25)9-10-18(23)26;1-12(2)15(20)17-8-10-21-11-9-18-16(22)19-14-6-4-13(3)5-7-14;1-11(2)15(22)17-7-10-23-9-6-16-12(19)5-8-18-13(20)3-4-14(18)21;1-4-5-6-7-8-11-10(12)9(2)3;1-7(2)9(12)10-6-4-5-8(11)13-3;1-4-6-12-7-5-10-9(11)8(2)3;1-6(2)8(12)9-5-3-4-7(10)11/h15H,3-14H2,1-2H3,(H,21,24)(H,22,28);4-7,12H,8-11H2,1-3H3,(H,17,20)(H2,18,19,22);3-4,11H,5-10H2,1-2H3,(H,16,19)(H,17,22);9H,4-8H2,1-3H3,(H,11,12);7H,4-6H2,1-3H3,(H,10,12);8H,4-7H2,1-3H3,(H,10,11);6H,3-5H2,1-2H3,(H,9,12)(H,10,11). The molecule has 0 unspecified atom stereocenters. The Hall–Kier alpha value is -9.59. The summed E-state index contributed by atoms with van der Waals surface area (Å²) in [5.74, 6) is -3.41. The van der Waals surface area contributed by atoms with E-state index in [1.165, 1.54) is 44.1 Å². The molecule has 2 aliphatic rings. The molecule has 3 rings (SSSR count). The number of thiocarbonyl (C=S) groups is 1. The van der Waals surface area contributed by atoms with Crippen molar-refractivity contribution in [1.29, 1.82) is 0 Å². The van der Waals surface area contributed by atoms with E-state index in [9.17, 15) is 76.7 Å². The van der Waals surface area contributed by atoms with Crippen molar-refractivity contribution in [2.45, 2.75) is 233 Å². The smallest absolute Gasteiger partial charge is 0.333 e. The van der Waals surface area contributed by atoms with E-state index in [1.54, 1.807) is 13.8 Å². The number of aryl methyl sites for hydroxylation is 1. The van der Waals surface area contributed by atoms with Gasteiger partial charge in [-0.1, -0.05) is 161 Å². The number of benzene rings is 1. The number of methoxy groups -OCH3 is 1. The lowest BCUT2D eigenvalue weighted by molar-refractivity contribution is -0.197. The van der Waals surface area contributed by atoms with Crippen molar-refractivity contribution in [3.05, 3.63) is 42.0 Å². The fraction of sp³-hybridized carbons (Fsp3) is 0.713. The summed E-state index contributed by atoms with van der Waals surface area (Å²) in [5.41, 5.74) is 2.17. The minimum Gasteiger partial charge on any atom is -0.481 e. The van der Waals surface area contributed by atoms with Gasteiger partial charge in [0.15, 0.2) is 5.11 Å². The zero-order valence-electron chi connectivity index (χ0n) is 77.4. The van der Waals surface area contributed by atoms with Crippen LogP contribution < -0.4 is 58.5 Å². The van der Waals surface area contributed by atoms with E-state index in [0.29, 0.717) is 154 Å². The second kappa shape index (κ2) is 79.3. The summed E-state index contributed by atoms with van der Waals surface area (Å²) in [7, 11) is 1.36. The molecular weight excluding hydrogens is 1630 g/mol. The van der Waals surface area contributed by atoms with Crippen molar-refractivity contribution in [2.24, 2.45) is 41.4 Å². The van der Waals surface area contributed by atoms with Crippen LogP contribution in [0, 0.1) is 48.3 Å². The largest absolute Gasteiger partial charge is 0.481 e. The van der Waals surface area contributed by atoms with Crippen LogP contribution >= 0.6 is 12.2 Å². The van der Waals surface area contributed by atoms with Crippen molar-refractivity contribution in [3.8, 4) is 0 Å². The third-order valence-corrected chi connectivity index (χ3v) is 16.9. The summed E-state index contributed by atoms with van der Waals surface area (Å²) < 4.78 is 25.7. The molecule has 0 radical (unpaired) electrons. The first-order valence-electron chi connectivity index (χ1n) is 43.5. The molecule has 0 atom stereocenters. The fourth-order valence-electron chi connectivity index (χ4n) is 9.06. The molecule has 36 nitrogen and oxygen atoms in total. The minimum atomic E-state index is -0.825. The molecule has 2 heterocycles. The number of hydroxylamine groups is 2. The highest BCUT2D eigenvalue weighted by atomic mass is 32.1. The monoisotopic (exact) mass is 1780 g/mol. The van der Waals surface area contributed by atoms with Gasteiger partial charge < -0.3 is 92.1 Å². The van der Waals surface area contributed by atoms with Crippen LogP contribution in [-0.4, -0.2) is 247 Å². The SMILES string of the molecule is CC(C)C(=O)NCCCC(=O)O.CC(C)C(=O)NCCOCCNC(=O)CCCCCCC(=O)ON1C(=O)CCC1=O.CC(C)C(=O)NCCOCCNC(=O)CCN1C(=O)C=CC1=O.CCCCCCNC(=O)C(C)C.CCCOCCNC(=O)C(C)C.COC(=O)CCCNC(=O)C(C)C.Cc1ccc(NC(=S)NCCOCCNC(=O)C(C)C)cc1. The zero-order valence-corrected chi connectivity index (χ0v) is 78.2. The van der Waals surface area contributed by atoms with Gasteiger partial charge in [-0.25, -0.2) is 4.79 Å². The number of nitrogens with zero attached hydrogens (tertiary/aromatic N) is 2. The van der Waals surface area contributed by atoms with E-state index in [4.69, 9.17) is 41.1 Å². The predicted octanol–water partition coefficient (Wildman–Crippen LogP) is 6.98. The number of nitrogens with one attached hydrogen (secondary N) is 11. The average Bonchev–Trinajstić information content (AvgIpc) is 1.73. The molecule has 0 aliphatic carbocycles. The number of amides is 13. The number of carbonyl (C=O) groups excluding carboxylic acids is 15. The molecule has 0 saturated carbocycles. The average molecular weight is 1780 g/mol. The third-order valence-electron chi connectivity index (χ3n) is 16.7. The van der Waals surface area contributed by atoms with Crippen LogP contribution in [0.5, 0.6) is 0 Å². The van der Waals surface area contributed by atoms with Gasteiger partial charge in [0.05, 0.1) is 53.4 Å². The number of ether oxygens (including phenoxy) is 5. The topological polar surface area (TPSA) is 488 Å². The quantitative estimate of drug-likeness (QED) is 0.0135. The van der Waals surface area contributed by atoms with Crippen molar-refractivity contribution in [3.63, 3.8) is 0 Å². The zero-order chi connectivity index (χ0) is 94.6. The van der Waals surface area contributed by atoms with Crippen molar-refractivity contribution in [1.82, 2.24) is 63.1 Å². The molecule has 1 aromatic carbocycles. The summed E-state index contributed by atoms with van der Waals surface area (Å²) >= 11 is 5.20. The first-order chi connectivity index (χ1) is 58.7. The molecule has 710 valence electrons. The second-order valence-electron chi connectivity index (χ2n) is 30.6. The Balaban J connectivity index is -0.000000699. The molecule has 1 fully saturated rings. The van der Waals surface area contributed by atoms with Crippen molar-refractivity contribution < 1.29 is 110 Å². The Labute approximate surface area is 741 Å². The number of aliphatic carboxylic acids is 1. The number of rotatable bonds is 55. The van der Waals surface area contributed by atoms with Gasteiger partial charge in [0.1, 0.15) is 0 Å². The van der Waals surface area contributed by atoms with Crippen LogP contribution in [0.25, 0.3) is 0 Å². The maximum absolute atomic E-state index is 11.7. The van der Waals surface area contributed by atoms with Crippen LogP contribution in [0.4, 0.5) is 5.69 Å². The molecule has 13 amide bonds. The van der Waals surface area contributed by atoms with Gasteiger partial charge in [-0.05, 0) is 69.8 Å². The van der Waals surface area contributed by atoms with Gasteiger partial charge >= 0.3 is 17.9 Å². The molecule has 37 heteroatoms. The summed E-state index contributed by atoms with van der Waals surface area (Å²) in [4.78, 5) is 185. The van der Waals surface area contributed by atoms with Gasteiger partial charge in [0.2, 0.25) is 53.2 Å². The van der Waals surface area contributed by atoms with E-state index >= 15 is 0 Å². The number of esters is 1. The fourth-order valence-corrected chi connectivity index (χ4v) is 9.28. The maximum atomic E-state index is 11.7. The molecule has 0 bridgehead atoms. The van der Waals surface area contributed by atoms with Crippen molar-refractivity contribution in [2.75, 3.05) is 137 Å². The van der Waals surface area contributed by atoms with Gasteiger partial charge in [-0.2, -0.15) is 0 Å². The second-order valence-corrected chi connectivity index (χ2v) is 31.0. The van der Waals surface area contributed by atoms with Gasteiger partial charge in [-0.3, -0.25) is 76.8 Å². The molecule has 124 heavy (non-hydrogen) atoms. The molecule has 1 aromatic rings. The minimum absolute atomic E-state index is 0.00173. The number of carboxylic acids is 1. The van der Waals surface area contributed by atoms with Crippen LogP contribution in [0.3, 0.4) is 0 Å². The van der Waals surface area contributed by atoms with Crippen LogP contribution in [0.2, 0.25) is 0 Å². The summed E-state index contributed by atoms with van der Waals surface area (Å²) in [6.45, 7) is 41.3. The van der Waals surface area contributed by atoms with E-state index in [1.807, 2.05) is 114 Å². The highest BCUT2D eigenvalue weighted by Crippen LogP contribution is 2.15. The Morgan fingerprint density at radius 1 is 0.379 bits per heavy atom. The van der Waals surface area contributed by atoms with Gasteiger partial charge in [0, 0.05) is 183 Å².